The standard InChI is InChI=1S/C15H22O2/c1-11(2)13-7-9-14(10-8-13)17-15(5,16-6)12(3)4/h7-10,12H,1H2,2-6H3. The van der Waals surface area contributed by atoms with E-state index in [4.69, 9.17) is 9.47 Å². The summed E-state index contributed by atoms with van der Waals surface area (Å²) in [5, 5.41) is 0. The Balaban J connectivity index is 2.85. The lowest BCUT2D eigenvalue weighted by molar-refractivity contribution is -0.179. The molecule has 2 nitrogen and oxygen atoms in total. The van der Waals surface area contributed by atoms with Crippen LogP contribution in [0.2, 0.25) is 0 Å². The van der Waals surface area contributed by atoms with Crippen LogP contribution in [0.15, 0.2) is 30.8 Å². The molecule has 1 atom stereocenters. The molecule has 1 rings (SSSR count). The zero-order valence-corrected chi connectivity index (χ0v) is 11.4. The molecule has 17 heavy (non-hydrogen) atoms. The summed E-state index contributed by atoms with van der Waals surface area (Å²) < 4.78 is 11.3. The van der Waals surface area contributed by atoms with Gasteiger partial charge in [-0.15, -0.1) is 0 Å². The van der Waals surface area contributed by atoms with Gasteiger partial charge in [-0.1, -0.05) is 38.1 Å². The van der Waals surface area contributed by atoms with Crippen molar-refractivity contribution in [2.45, 2.75) is 33.5 Å². The maximum Gasteiger partial charge on any atom is 0.209 e. The Labute approximate surface area is 104 Å². The summed E-state index contributed by atoms with van der Waals surface area (Å²) in [6.45, 7) is 12.0. The number of rotatable bonds is 5. The van der Waals surface area contributed by atoms with Crippen molar-refractivity contribution in [3.8, 4) is 5.75 Å². The Hall–Kier alpha value is -1.28. The highest BCUT2D eigenvalue weighted by Crippen LogP contribution is 2.26. The maximum absolute atomic E-state index is 5.90. The summed E-state index contributed by atoms with van der Waals surface area (Å²) >= 11 is 0. The van der Waals surface area contributed by atoms with Crippen LogP contribution in [0.1, 0.15) is 33.3 Å². The molecule has 1 aromatic rings. The summed E-state index contributed by atoms with van der Waals surface area (Å²) in [6, 6.07) is 7.91. The van der Waals surface area contributed by atoms with E-state index in [1.807, 2.05) is 38.1 Å². The van der Waals surface area contributed by atoms with Crippen molar-refractivity contribution in [1.82, 2.24) is 0 Å². The first-order chi connectivity index (χ1) is 7.89. The van der Waals surface area contributed by atoms with E-state index in [0.29, 0.717) is 0 Å². The highest BCUT2D eigenvalue weighted by Gasteiger charge is 2.30. The number of hydrogen-bond donors (Lipinski definition) is 0. The first kappa shape index (κ1) is 13.8. The normalized spacial score (nSPS) is 14.5. The molecule has 0 spiro atoms. The van der Waals surface area contributed by atoms with Crippen LogP contribution in [-0.4, -0.2) is 12.9 Å². The van der Waals surface area contributed by atoms with E-state index < -0.39 is 5.79 Å². The minimum atomic E-state index is -0.593. The predicted molar refractivity (Wildman–Crippen MR) is 72.0 cm³/mol. The van der Waals surface area contributed by atoms with Gasteiger partial charge in [0.1, 0.15) is 5.75 Å². The van der Waals surface area contributed by atoms with Crippen molar-refractivity contribution in [2.75, 3.05) is 7.11 Å². The number of benzene rings is 1. The zero-order chi connectivity index (χ0) is 13.1. The predicted octanol–water partition coefficient (Wildman–Crippen LogP) is 4.12. The maximum atomic E-state index is 5.90. The van der Waals surface area contributed by atoms with Crippen molar-refractivity contribution in [1.29, 1.82) is 0 Å². The summed E-state index contributed by atoms with van der Waals surface area (Å²) in [5.41, 5.74) is 2.18. The Morgan fingerprint density at radius 3 is 2.12 bits per heavy atom. The smallest absolute Gasteiger partial charge is 0.209 e. The third-order valence-electron chi connectivity index (χ3n) is 3.12. The molecule has 0 radical (unpaired) electrons. The van der Waals surface area contributed by atoms with Crippen LogP contribution in [0, 0.1) is 5.92 Å². The van der Waals surface area contributed by atoms with Crippen LogP contribution in [0.5, 0.6) is 5.75 Å². The molecule has 0 aliphatic carbocycles. The Kier molecular flexibility index (Phi) is 4.35. The van der Waals surface area contributed by atoms with Crippen molar-refractivity contribution in [3.63, 3.8) is 0 Å². The zero-order valence-electron chi connectivity index (χ0n) is 11.4. The van der Waals surface area contributed by atoms with Gasteiger partial charge in [-0.2, -0.15) is 0 Å². The van der Waals surface area contributed by atoms with Crippen LogP contribution >= 0.6 is 0 Å². The molecule has 0 aliphatic heterocycles. The van der Waals surface area contributed by atoms with Crippen molar-refractivity contribution in [2.24, 2.45) is 5.92 Å². The van der Waals surface area contributed by atoms with Crippen LogP contribution < -0.4 is 4.74 Å². The minimum Gasteiger partial charge on any atom is -0.462 e. The fourth-order valence-electron chi connectivity index (χ4n) is 1.44. The lowest BCUT2D eigenvalue weighted by Gasteiger charge is -2.32. The van der Waals surface area contributed by atoms with Crippen molar-refractivity contribution < 1.29 is 9.47 Å². The highest BCUT2D eigenvalue weighted by atomic mass is 16.7. The molecule has 1 unspecified atom stereocenters. The Morgan fingerprint density at radius 2 is 1.76 bits per heavy atom. The van der Waals surface area contributed by atoms with Crippen LogP contribution in [0.3, 0.4) is 0 Å². The molecule has 0 bridgehead atoms. The second-order valence-corrected chi connectivity index (χ2v) is 4.78. The van der Waals surface area contributed by atoms with E-state index in [1.54, 1.807) is 7.11 Å². The van der Waals surface area contributed by atoms with Crippen molar-refractivity contribution in [3.05, 3.63) is 36.4 Å². The largest absolute Gasteiger partial charge is 0.462 e. The molecule has 0 saturated carbocycles. The average molecular weight is 234 g/mol. The Bertz CT molecular complexity index is 378. The first-order valence-corrected chi connectivity index (χ1v) is 5.89. The van der Waals surface area contributed by atoms with E-state index in [1.165, 1.54) is 0 Å². The molecular weight excluding hydrogens is 212 g/mol. The van der Waals surface area contributed by atoms with Gasteiger partial charge in [-0.25, -0.2) is 0 Å². The van der Waals surface area contributed by atoms with Crippen LogP contribution in [-0.2, 0) is 4.74 Å². The lowest BCUT2D eigenvalue weighted by atomic mass is 10.0. The summed E-state index contributed by atoms with van der Waals surface area (Å²) in [5.74, 6) is 0.492. The lowest BCUT2D eigenvalue weighted by Crippen LogP contribution is -2.40. The third kappa shape index (κ3) is 3.34. The van der Waals surface area contributed by atoms with E-state index in [0.717, 1.165) is 16.9 Å². The second-order valence-electron chi connectivity index (χ2n) is 4.78. The number of ether oxygens (including phenoxy) is 2. The molecule has 0 saturated heterocycles. The molecule has 0 fully saturated rings. The van der Waals surface area contributed by atoms with Crippen molar-refractivity contribution >= 4 is 5.57 Å². The molecule has 0 heterocycles. The van der Waals surface area contributed by atoms with Gasteiger partial charge in [-0.3, -0.25) is 0 Å². The van der Waals surface area contributed by atoms with Gasteiger partial charge < -0.3 is 9.47 Å². The van der Waals surface area contributed by atoms with E-state index >= 15 is 0 Å². The second kappa shape index (κ2) is 5.37. The fourth-order valence-corrected chi connectivity index (χ4v) is 1.44. The number of hydrogen-bond acceptors (Lipinski definition) is 2. The SMILES string of the molecule is C=C(C)c1ccc(OC(C)(OC)C(C)C)cc1. The van der Waals surface area contributed by atoms with Gasteiger partial charge in [0.25, 0.3) is 0 Å². The molecule has 0 aromatic heterocycles. The van der Waals surface area contributed by atoms with Gasteiger partial charge in [0.2, 0.25) is 5.79 Å². The molecule has 0 aliphatic rings. The molecule has 0 amide bonds. The molecule has 2 heteroatoms. The molecule has 1 aromatic carbocycles. The molecule has 94 valence electrons. The Morgan fingerprint density at radius 1 is 1.24 bits per heavy atom. The summed E-state index contributed by atoms with van der Waals surface area (Å²) in [6.07, 6.45) is 0. The minimum absolute atomic E-state index is 0.272. The monoisotopic (exact) mass is 234 g/mol. The van der Waals surface area contributed by atoms with Crippen LogP contribution in [0.4, 0.5) is 0 Å². The average Bonchev–Trinajstić information content (AvgIpc) is 2.29. The van der Waals surface area contributed by atoms with E-state index in [9.17, 15) is 0 Å². The number of methoxy groups -OCH3 is 1. The van der Waals surface area contributed by atoms with Gasteiger partial charge in [0.15, 0.2) is 0 Å². The summed E-state index contributed by atoms with van der Waals surface area (Å²) in [7, 11) is 1.67. The van der Waals surface area contributed by atoms with Crippen LogP contribution in [0.25, 0.3) is 5.57 Å². The fraction of sp³-hybridized carbons (Fsp3) is 0.467. The topological polar surface area (TPSA) is 18.5 Å². The van der Waals surface area contributed by atoms with Gasteiger partial charge >= 0.3 is 0 Å². The van der Waals surface area contributed by atoms with Gasteiger partial charge in [0.05, 0.1) is 0 Å². The summed E-state index contributed by atoms with van der Waals surface area (Å²) in [4.78, 5) is 0. The van der Waals surface area contributed by atoms with Gasteiger partial charge in [0, 0.05) is 20.0 Å². The first-order valence-electron chi connectivity index (χ1n) is 5.89. The van der Waals surface area contributed by atoms with E-state index in [-0.39, 0.29) is 5.92 Å². The highest BCUT2D eigenvalue weighted by molar-refractivity contribution is 5.61. The van der Waals surface area contributed by atoms with E-state index in [2.05, 4.69) is 20.4 Å². The quantitative estimate of drug-likeness (QED) is 0.714. The van der Waals surface area contributed by atoms with Gasteiger partial charge in [-0.05, 0) is 24.6 Å². The number of allylic oxidation sites excluding steroid dienone is 1. The molecule has 0 N–H and O–H groups in total. The third-order valence-corrected chi connectivity index (χ3v) is 3.12. The molecular formula is C15H22O2.